The number of ether oxygens (including phenoxy) is 3. The van der Waals surface area contributed by atoms with Crippen molar-refractivity contribution in [3.05, 3.63) is 29.8 Å². The van der Waals surface area contributed by atoms with E-state index in [-0.39, 0.29) is 18.4 Å². The van der Waals surface area contributed by atoms with Gasteiger partial charge in [0.25, 0.3) is 0 Å². The van der Waals surface area contributed by atoms with Crippen LogP contribution < -0.4 is 5.32 Å². The maximum atomic E-state index is 13.5. The van der Waals surface area contributed by atoms with Crippen molar-refractivity contribution in [2.24, 2.45) is 11.8 Å². The molecule has 2 amide bonds. The monoisotopic (exact) mass is 488 g/mol. The number of nitrogens with zero attached hydrogens (tertiary/aromatic N) is 1. The number of hydrogen-bond donors (Lipinski definition) is 1. The summed E-state index contributed by atoms with van der Waals surface area (Å²) in [5, 5.41) is 2.97. The van der Waals surface area contributed by atoms with Crippen LogP contribution in [0.5, 0.6) is 0 Å². The molecule has 2 atom stereocenters. The van der Waals surface area contributed by atoms with Gasteiger partial charge < -0.3 is 19.5 Å². The van der Waals surface area contributed by atoms with E-state index >= 15 is 0 Å². The normalized spacial score (nSPS) is 21.0. The van der Waals surface area contributed by atoms with E-state index < -0.39 is 23.7 Å². The fourth-order valence-corrected chi connectivity index (χ4v) is 5.09. The van der Waals surface area contributed by atoms with Gasteiger partial charge in [0.1, 0.15) is 11.6 Å². The number of hydrogen-bond acceptors (Lipinski definition) is 6. The average Bonchev–Trinajstić information content (AvgIpc) is 3.27. The summed E-state index contributed by atoms with van der Waals surface area (Å²) in [7, 11) is 1.60. The second-order valence-corrected chi connectivity index (χ2v) is 10.5. The third-order valence-corrected chi connectivity index (χ3v) is 6.71. The number of carbonyl (C=O) groups is 3. The maximum Gasteiger partial charge on any atom is 0.410 e. The van der Waals surface area contributed by atoms with Gasteiger partial charge >= 0.3 is 12.1 Å². The zero-order valence-electron chi connectivity index (χ0n) is 21.5. The third-order valence-electron chi connectivity index (χ3n) is 6.71. The molecule has 0 aromatic heterocycles. The van der Waals surface area contributed by atoms with E-state index in [1.54, 1.807) is 36.3 Å². The van der Waals surface area contributed by atoms with Crippen molar-refractivity contribution >= 4 is 23.7 Å². The molecule has 0 unspecified atom stereocenters. The smallest absolute Gasteiger partial charge is 0.410 e. The molecular formula is C27H40N2O6. The fourth-order valence-electron chi connectivity index (χ4n) is 5.09. The first-order valence-corrected chi connectivity index (χ1v) is 12.8. The highest BCUT2D eigenvalue weighted by Crippen LogP contribution is 2.39. The molecule has 1 heterocycles. The van der Waals surface area contributed by atoms with Gasteiger partial charge in [-0.05, 0) is 63.3 Å². The van der Waals surface area contributed by atoms with Crippen LogP contribution in [0, 0.1) is 11.8 Å². The van der Waals surface area contributed by atoms with Crippen LogP contribution >= 0.6 is 0 Å². The molecule has 1 aliphatic carbocycles. The summed E-state index contributed by atoms with van der Waals surface area (Å²) >= 11 is 0. The van der Waals surface area contributed by atoms with E-state index in [9.17, 15) is 14.4 Å². The van der Waals surface area contributed by atoms with E-state index in [1.165, 1.54) is 19.3 Å². The summed E-state index contributed by atoms with van der Waals surface area (Å²) in [5.41, 5.74) is 0.357. The van der Waals surface area contributed by atoms with Crippen LogP contribution in [-0.2, 0) is 19.0 Å². The summed E-state index contributed by atoms with van der Waals surface area (Å²) < 4.78 is 15.8. The predicted octanol–water partition coefficient (Wildman–Crippen LogP) is 5.02. The standard InChI is InChI=1S/C27H40N2O6/c1-27(2,3)35-26(32)29-16-15-22(19-9-6-5-7-10-19)23(29)24(30)28-21-13-11-20(12-14-21)25(31)34-18-8-17-33-4/h11-14,19,22-23H,5-10,15-18H2,1-4H3,(H,28,30)/t22-,23-/m0/s1. The Morgan fingerprint density at radius 2 is 1.69 bits per heavy atom. The first-order valence-electron chi connectivity index (χ1n) is 12.8. The highest BCUT2D eigenvalue weighted by molar-refractivity contribution is 5.98. The minimum absolute atomic E-state index is 0.115. The Morgan fingerprint density at radius 1 is 1.00 bits per heavy atom. The molecule has 35 heavy (non-hydrogen) atoms. The average molecular weight is 489 g/mol. The van der Waals surface area contributed by atoms with E-state index in [1.807, 2.05) is 20.8 Å². The predicted molar refractivity (Wildman–Crippen MR) is 133 cm³/mol. The number of amides is 2. The molecule has 2 fully saturated rings. The van der Waals surface area contributed by atoms with Gasteiger partial charge in [-0.1, -0.05) is 32.1 Å². The van der Waals surface area contributed by atoms with E-state index in [2.05, 4.69) is 5.32 Å². The van der Waals surface area contributed by atoms with Crippen LogP contribution in [0.15, 0.2) is 24.3 Å². The van der Waals surface area contributed by atoms with Crippen LogP contribution in [0.1, 0.15) is 76.1 Å². The van der Waals surface area contributed by atoms with Crippen LogP contribution in [0.25, 0.3) is 0 Å². The summed E-state index contributed by atoms with van der Waals surface area (Å²) in [6.07, 6.45) is 6.76. The van der Waals surface area contributed by atoms with Gasteiger partial charge in [0, 0.05) is 32.4 Å². The molecule has 3 rings (SSSR count). The molecular weight excluding hydrogens is 448 g/mol. The number of esters is 1. The molecule has 1 aliphatic heterocycles. The molecule has 194 valence electrons. The lowest BCUT2D eigenvalue weighted by Crippen LogP contribution is -2.49. The third kappa shape index (κ3) is 7.69. The Morgan fingerprint density at radius 3 is 2.31 bits per heavy atom. The van der Waals surface area contributed by atoms with Crippen molar-refractivity contribution < 1.29 is 28.6 Å². The molecule has 2 aliphatic rings. The largest absolute Gasteiger partial charge is 0.462 e. The van der Waals surface area contributed by atoms with Gasteiger partial charge in [-0.2, -0.15) is 0 Å². The maximum absolute atomic E-state index is 13.5. The van der Waals surface area contributed by atoms with E-state index in [0.717, 1.165) is 19.3 Å². The lowest BCUT2D eigenvalue weighted by atomic mass is 9.76. The van der Waals surface area contributed by atoms with Crippen molar-refractivity contribution in [2.45, 2.75) is 77.4 Å². The van der Waals surface area contributed by atoms with Gasteiger partial charge in [0.05, 0.1) is 12.2 Å². The zero-order valence-corrected chi connectivity index (χ0v) is 21.5. The molecule has 1 saturated carbocycles. The van der Waals surface area contributed by atoms with Crippen molar-refractivity contribution in [1.82, 2.24) is 4.90 Å². The minimum Gasteiger partial charge on any atom is -0.462 e. The first-order chi connectivity index (χ1) is 16.7. The van der Waals surface area contributed by atoms with Gasteiger partial charge in [0.15, 0.2) is 0 Å². The molecule has 8 heteroatoms. The summed E-state index contributed by atoms with van der Waals surface area (Å²) in [6, 6.07) is 6.07. The first kappa shape index (κ1) is 27.0. The number of methoxy groups -OCH3 is 1. The minimum atomic E-state index is -0.630. The van der Waals surface area contributed by atoms with Crippen LogP contribution in [0.3, 0.4) is 0 Å². The van der Waals surface area contributed by atoms with Crippen LogP contribution in [0.4, 0.5) is 10.5 Å². The summed E-state index contributed by atoms with van der Waals surface area (Å²) in [6.45, 7) is 6.83. The number of anilines is 1. The number of benzene rings is 1. The topological polar surface area (TPSA) is 94.2 Å². The second-order valence-electron chi connectivity index (χ2n) is 10.5. The second kappa shape index (κ2) is 12.4. The molecule has 0 radical (unpaired) electrons. The number of carbonyl (C=O) groups excluding carboxylic acids is 3. The zero-order chi connectivity index (χ0) is 25.4. The quantitative estimate of drug-likeness (QED) is 0.408. The number of nitrogens with one attached hydrogen (secondary N) is 1. The highest BCUT2D eigenvalue weighted by atomic mass is 16.6. The van der Waals surface area contributed by atoms with Crippen LogP contribution in [-0.4, -0.2) is 61.4 Å². The summed E-state index contributed by atoms with van der Waals surface area (Å²) in [4.78, 5) is 40.3. The Bertz CT molecular complexity index is 857. The van der Waals surface area contributed by atoms with Crippen molar-refractivity contribution in [3.8, 4) is 0 Å². The van der Waals surface area contributed by atoms with Gasteiger partial charge in [0.2, 0.25) is 5.91 Å². The Labute approximate surface area is 208 Å². The van der Waals surface area contributed by atoms with Gasteiger partial charge in [-0.25, -0.2) is 9.59 Å². The molecule has 8 nitrogen and oxygen atoms in total. The molecule has 1 aromatic rings. The molecule has 0 spiro atoms. The van der Waals surface area contributed by atoms with Crippen molar-refractivity contribution in [1.29, 1.82) is 0 Å². The fraction of sp³-hybridized carbons (Fsp3) is 0.667. The number of rotatable bonds is 8. The summed E-state index contributed by atoms with van der Waals surface area (Å²) in [5.74, 6) is -0.0755. The molecule has 1 aromatic carbocycles. The van der Waals surface area contributed by atoms with Crippen molar-refractivity contribution in [2.75, 3.05) is 32.2 Å². The SMILES string of the molecule is COCCCOC(=O)c1ccc(NC(=O)[C@@H]2[C@H](C3CCCCC3)CCN2C(=O)OC(C)(C)C)cc1. The molecule has 1 saturated heterocycles. The van der Waals surface area contributed by atoms with E-state index in [0.29, 0.717) is 36.7 Å². The van der Waals surface area contributed by atoms with Crippen molar-refractivity contribution in [3.63, 3.8) is 0 Å². The highest BCUT2D eigenvalue weighted by Gasteiger charge is 2.46. The van der Waals surface area contributed by atoms with E-state index in [4.69, 9.17) is 14.2 Å². The Kier molecular flexibility index (Phi) is 9.55. The molecule has 1 N–H and O–H groups in total. The Hall–Kier alpha value is -2.61. The van der Waals surface area contributed by atoms with Gasteiger partial charge in [-0.15, -0.1) is 0 Å². The lowest BCUT2D eigenvalue weighted by Gasteiger charge is -2.34. The number of likely N-dealkylation sites (tertiary alicyclic amines) is 1. The molecule has 0 bridgehead atoms. The van der Waals surface area contributed by atoms with Crippen LogP contribution in [0.2, 0.25) is 0 Å². The van der Waals surface area contributed by atoms with Gasteiger partial charge in [-0.3, -0.25) is 9.69 Å². The lowest BCUT2D eigenvalue weighted by molar-refractivity contribution is -0.122. The Balaban J connectivity index is 1.69.